The second-order valence-corrected chi connectivity index (χ2v) is 6.76. The van der Waals surface area contributed by atoms with Crippen molar-refractivity contribution in [2.75, 3.05) is 0 Å². The van der Waals surface area contributed by atoms with Gasteiger partial charge in [0.05, 0.1) is 0 Å². The topological polar surface area (TPSA) is 52.6 Å². The molecule has 0 aromatic heterocycles. The van der Waals surface area contributed by atoms with Crippen molar-refractivity contribution in [1.82, 2.24) is 0 Å². The Morgan fingerprint density at radius 1 is 1.11 bits per heavy atom. The molecule has 4 nitrogen and oxygen atoms in total. The van der Waals surface area contributed by atoms with Gasteiger partial charge in [0.1, 0.15) is 0 Å². The number of hydrogen-bond donors (Lipinski definition) is 0. The molecule has 0 N–H and O–H groups in total. The van der Waals surface area contributed by atoms with E-state index in [1.54, 1.807) is 0 Å². The van der Waals surface area contributed by atoms with Crippen LogP contribution in [0.1, 0.15) is 52.9 Å². The average molecular weight is 252 g/mol. The van der Waals surface area contributed by atoms with Crippen LogP contribution in [0.15, 0.2) is 0 Å². The average Bonchev–Trinajstić information content (AvgIpc) is 2.33. The lowest BCUT2D eigenvalue weighted by molar-refractivity contribution is -0.435. The Morgan fingerprint density at radius 3 is 2.56 bits per heavy atom. The Kier molecular flexibility index (Phi) is 2.34. The fourth-order valence-electron chi connectivity index (χ4n) is 4.26. The van der Waals surface area contributed by atoms with Gasteiger partial charge in [0, 0.05) is 18.3 Å². The zero-order valence-corrected chi connectivity index (χ0v) is 11.2. The molecule has 3 rings (SSSR count). The molecule has 0 radical (unpaired) electrons. The van der Waals surface area contributed by atoms with Gasteiger partial charge in [-0.2, -0.15) is 0 Å². The van der Waals surface area contributed by atoms with E-state index >= 15 is 0 Å². The number of Topliss-reactive ketones (excluding diaryl/α,β-unsaturated/α-hetero) is 2. The van der Waals surface area contributed by atoms with Crippen molar-refractivity contribution in [3.05, 3.63) is 0 Å². The molecule has 0 unspecified atom stereocenters. The van der Waals surface area contributed by atoms with Gasteiger partial charge in [-0.3, -0.25) is 9.59 Å². The lowest BCUT2D eigenvalue weighted by atomic mass is 9.45. The van der Waals surface area contributed by atoms with Gasteiger partial charge in [0.25, 0.3) is 0 Å². The number of fused-ring (bicyclic) bond motifs is 1. The summed E-state index contributed by atoms with van der Waals surface area (Å²) in [5.74, 6) is 0.228. The van der Waals surface area contributed by atoms with E-state index in [0.717, 1.165) is 12.8 Å². The number of ketones is 2. The summed E-state index contributed by atoms with van der Waals surface area (Å²) in [6.45, 7) is 6.24. The van der Waals surface area contributed by atoms with Crippen LogP contribution in [0.2, 0.25) is 0 Å². The summed E-state index contributed by atoms with van der Waals surface area (Å²) >= 11 is 0. The predicted molar refractivity (Wildman–Crippen MR) is 63.7 cm³/mol. The molecule has 1 heterocycles. The Bertz CT molecular complexity index is 428. The largest absolute Gasteiger partial charge is 0.297 e. The lowest BCUT2D eigenvalue weighted by Gasteiger charge is -2.62. The van der Waals surface area contributed by atoms with Crippen LogP contribution in [0.4, 0.5) is 0 Å². The van der Waals surface area contributed by atoms with Crippen molar-refractivity contribution >= 4 is 11.6 Å². The van der Waals surface area contributed by atoms with Gasteiger partial charge in [0.15, 0.2) is 23.3 Å². The molecule has 0 aromatic rings. The number of rotatable bonds is 0. The van der Waals surface area contributed by atoms with E-state index in [9.17, 15) is 9.59 Å². The van der Waals surface area contributed by atoms with Crippen LogP contribution < -0.4 is 0 Å². The third-order valence-corrected chi connectivity index (χ3v) is 5.74. The van der Waals surface area contributed by atoms with Crippen LogP contribution in [0.5, 0.6) is 0 Å². The van der Waals surface area contributed by atoms with Crippen molar-refractivity contribution in [3.63, 3.8) is 0 Å². The van der Waals surface area contributed by atoms with Crippen LogP contribution in [-0.4, -0.2) is 23.3 Å². The molecule has 4 heteroatoms. The Hall–Kier alpha value is -0.740. The third-order valence-electron chi connectivity index (χ3n) is 5.74. The summed E-state index contributed by atoms with van der Waals surface area (Å²) in [4.78, 5) is 34.8. The summed E-state index contributed by atoms with van der Waals surface area (Å²) < 4.78 is 0. The van der Waals surface area contributed by atoms with E-state index in [-0.39, 0.29) is 22.4 Å². The van der Waals surface area contributed by atoms with E-state index in [0.29, 0.717) is 19.3 Å². The molecule has 1 saturated heterocycles. The minimum absolute atomic E-state index is 0.00160. The Morgan fingerprint density at radius 2 is 1.83 bits per heavy atom. The van der Waals surface area contributed by atoms with Gasteiger partial charge in [0.2, 0.25) is 0 Å². The first-order valence-electron chi connectivity index (χ1n) is 6.73. The molecular weight excluding hydrogens is 232 g/mol. The Balaban J connectivity index is 2.11. The quantitative estimate of drug-likeness (QED) is 0.620. The van der Waals surface area contributed by atoms with Crippen molar-refractivity contribution in [2.45, 2.75) is 64.6 Å². The van der Waals surface area contributed by atoms with Crippen molar-refractivity contribution in [1.29, 1.82) is 0 Å². The van der Waals surface area contributed by atoms with Crippen molar-refractivity contribution < 1.29 is 19.4 Å². The summed E-state index contributed by atoms with van der Waals surface area (Å²) in [7, 11) is 0. The molecule has 3 atom stereocenters. The van der Waals surface area contributed by atoms with Gasteiger partial charge in [-0.25, -0.2) is 9.78 Å². The molecule has 1 aliphatic heterocycles. The molecule has 2 aliphatic carbocycles. The molecule has 3 fully saturated rings. The lowest BCUT2D eigenvalue weighted by Crippen LogP contribution is -2.69. The molecule has 3 aliphatic rings. The molecule has 100 valence electrons. The number of hydrogen-bond acceptors (Lipinski definition) is 4. The molecular formula is C14H20O4. The van der Waals surface area contributed by atoms with Gasteiger partial charge in [-0.05, 0) is 31.6 Å². The highest BCUT2D eigenvalue weighted by atomic mass is 17.2. The van der Waals surface area contributed by atoms with E-state index in [1.165, 1.54) is 0 Å². The molecule has 0 amide bonds. The van der Waals surface area contributed by atoms with Crippen molar-refractivity contribution in [3.8, 4) is 0 Å². The van der Waals surface area contributed by atoms with Crippen LogP contribution in [0.25, 0.3) is 0 Å². The van der Waals surface area contributed by atoms with Gasteiger partial charge in [-0.1, -0.05) is 13.8 Å². The monoisotopic (exact) mass is 252 g/mol. The Labute approximate surface area is 107 Å². The molecule has 18 heavy (non-hydrogen) atoms. The normalized spacial score (nSPS) is 46.7. The maximum atomic E-state index is 12.3. The summed E-state index contributed by atoms with van der Waals surface area (Å²) in [6.07, 6.45) is 2.79. The van der Waals surface area contributed by atoms with Crippen LogP contribution in [-0.2, 0) is 19.4 Å². The summed E-state index contributed by atoms with van der Waals surface area (Å²) in [5.41, 5.74) is -1.14. The molecule has 2 bridgehead atoms. The van der Waals surface area contributed by atoms with E-state index in [2.05, 4.69) is 13.8 Å². The second kappa shape index (κ2) is 3.42. The smallest absolute Gasteiger partial charge is 0.168 e. The first-order valence-corrected chi connectivity index (χ1v) is 6.73. The van der Waals surface area contributed by atoms with Crippen LogP contribution in [0, 0.1) is 10.8 Å². The predicted octanol–water partition coefficient (Wildman–Crippen LogP) is 2.20. The minimum Gasteiger partial charge on any atom is -0.297 e. The standard InChI is InChI=1S/C14H20O4/c1-12(2)6-5-11(16)13(3)14(12)7-4-9(15)10(8-14)17-18-13/h10H,4-8H2,1-3H3/t10-,13-,14+/m0/s1. The number of carbonyl (C=O) groups excluding carboxylic acids is 2. The first kappa shape index (κ1) is 12.3. The molecule has 0 aromatic carbocycles. The van der Waals surface area contributed by atoms with E-state index in [4.69, 9.17) is 9.78 Å². The van der Waals surface area contributed by atoms with E-state index < -0.39 is 11.7 Å². The maximum Gasteiger partial charge on any atom is 0.168 e. The zero-order valence-electron chi connectivity index (χ0n) is 11.2. The molecule has 1 spiro atoms. The fraction of sp³-hybridized carbons (Fsp3) is 0.857. The SMILES string of the molecule is CC1(C)CCC(=O)[C@]2(C)OO[C@H]3C[C@]12CCC3=O. The fourth-order valence-corrected chi connectivity index (χ4v) is 4.26. The van der Waals surface area contributed by atoms with Crippen molar-refractivity contribution in [2.24, 2.45) is 10.8 Å². The van der Waals surface area contributed by atoms with Crippen LogP contribution >= 0.6 is 0 Å². The van der Waals surface area contributed by atoms with Gasteiger partial charge >= 0.3 is 0 Å². The molecule has 2 saturated carbocycles. The second-order valence-electron chi connectivity index (χ2n) is 6.76. The highest BCUT2D eigenvalue weighted by Crippen LogP contribution is 2.64. The third kappa shape index (κ3) is 1.23. The number of carbonyl (C=O) groups is 2. The zero-order chi connectivity index (χ0) is 13.2. The summed E-state index contributed by atoms with van der Waals surface area (Å²) in [5, 5.41) is 0. The summed E-state index contributed by atoms with van der Waals surface area (Å²) in [6, 6.07) is 0. The minimum atomic E-state index is -0.883. The highest BCUT2D eigenvalue weighted by molar-refractivity contribution is 5.91. The first-order chi connectivity index (χ1) is 8.32. The van der Waals surface area contributed by atoms with E-state index in [1.807, 2.05) is 6.92 Å². The van der Waals surface area contributed by atoms with Gasteiger partial charge in [-0.15, -0.1) is 0 Å². The highest BCUT2D eigenvalue weighted by Gasteiger charge is 2.68. The van der Waals surface area contributed by atoms with Crippen LogP contribution in [0.3, 0.4) is 0 Å². The maximum absolute atomic E-state index is 12.3. The van der Waals surface area contributed by atoms with Gasteiger partial charge < -0.3 is 0 Å².